The molecule has 0 aromatic heterocycles. The van der Waals surface area contributed by atoms with E-state index in [1.807, 2.05) is 6.92 Å². The molecule has 0 bridgehead atoms. The second kappa shape index (κ2) is 5.87. The van der Waals surface area contributed by atoms with Crippen LogP contribution in [0.2, 0.25) is 0 Å². The molecule has 1 aliphatic rings. The minimum absolute atomic E-state index is 0.0102. The van der Waals surface area contributed by atoms with Crippen molar-refractivity contribution in [3.63, 3.8) is 0 Å². The van der Waals surface area contributed by atoms with Crippen LogP contribution >= 0.6 is 0 Å². The van der Waals surface area contributed by atoms with Crippen molar-refractivity contribution in [1.82, 2.24) is 10.2 Å². The molecule has 0 aliphatic carbocycles. The Bertz CT molecular complexity index is 206. The van der Waals surface area contributed by atoms with Gasteiger partial charge in [0.2, 0.25) is 0 Å². The fourth-order valence-electron chi connectivity index (χ4n) is 2.20. The van der Waals surface area contributed by atoms with Gasteiger partial charge in [-0.3, -0.25) is 4.90 Å². The van der Waals surface area contributed by atoms with Crippen LogP contribution in [0.3, 0.4) is 0 Å². The highest BCUT2D eigenvalue weighted by atomic mass is 19.4. The predicted molar refractivity (Wildman–Crippen MR) is 58.4 cm³/mol. The van der Waals surface area contributed by atoms with Crippen LogP contribution in [0.15, 0.2) is 0 Å². The van der Waals surface area contributed by atoms with E-state index >= 15 is 0 Å². The van der Waals surface area contributed by atoms with Gasteiger partial charge in [0.15, 0.2) is 0 Å². The zero-order valence-corrected chi connectivity index (χ0v) is 9.98. The van der Waals surface area contributed by atoms with Crippen LogP contribution in [0.25, 0.3) is 0 Å². The number of nitrogens with one attached hydrogen (secondary N) is 1. The van der Waals surface area contributed by atoms with Gasteiger partial charge in [0, 0.05) is 18.6 Å². The maximum Gasteiger partial charge on any atom is 0.401 e. The normalized spacial score (nSPS) is 29.1. The van der Waals surface area contributed by atoms with Gasteiger partial charge in [-0.1, -0.05) is 13.3 Å². The molecule has 0 aromatic rings. The molecule has 5 heteroatoms. The van der Waals surface area contributed by atoms with Crippen LogP contribution in [0.1, 0.15) is 33.1 Å². The number of rotatable bonds is 3. The summed E-state index contributed by atoms with van der Waals surface area (Å²) in [5.74, 6) is 0. The van der Waals surface area contributed by atoms with Crippen molar-refractivity contribution in [2.75, 3.05) is 19.6 Å². The van der Waals surface area contributed by atoms with Gasteiger partial charge in [-0.25, -0.2) is 0 Å². The van der Waals surface area contributed by atoms with E-state index in [1.54, 1.807) is 4.90 Å². The summed E-state index contributed by atoms with van der Waals surface area (Å²) in [6.45, 7) is 4.48. The summed E-state index contributed by atoms with van der Waals surface area (Å²) in [6.07, 6.45) is -1.35. The Morgan fingerprint density at radius 1 is 1.38 bits per heavy atom. The molecule has 1 fully saturated rings. The maximum atomic E-state index is 12.4. The molecule has 1 saturated heterocycles. The molecule has 1 N–H and O–H groups in total. The van der Waals surface area contributed by atoms with Crippen molar-refractivity contribution in [2.45, 2.75) is 51.4 Å². The number of hydrogen-bond donors (Lipinski definition) is 1. The van der Waals surface area contributed by atoms with E-state index in [-0.39, 0.29) is 12.1 Å². The summed E-state index contributed by atoms with van der Waals surface area (Å²) in [7, 11) is 0. The van der Waals surface area contributed by atoms with Gasteiger partial charge in [0.25, 0.3) is 0 Å². The van der Waals surface area contributed by atoms with Crippen molar-refractivity contribution < 1.29 is 13.2 Å². The lowest BCUT2D eigenvalue weighted by Gasteiger charge is -2.29. The zero-order valence-electron chi connectivity index (χ0n) is 9.98. The maximum absolute atomic E-state index is 12.4. The summed E-state index contributed by atoms with van der Waals surface area (Å²) in [4.78, 5) is 1.56. The molecule has 2 unspecified atom stereocenters. The van der Waals surface area contributed by atoms with Crippen molar-refractivity contribution in [3.8, 4) is 0 Å². The fraction of sp³-hybridized carbons (Fsp3) is 1.00. The summed E-state index contributed by atoms with van der Waals surface area (Å²) in [5, 5.41) is 3.32. The molecule has 0 aromatic carbocycles. The number of alkyl halides is 3. The van der Waals surface area contributed by atoms with Gasteiger partial charge in [-0.05, 0) is 26.3 Å². The third-order valence-electron chi connectivity index (χ3n) is 3.09. The first-order valence-corrected chi connectivity index (χ1v) is 5.96. The van der Waals surface area contributed by atoms with Crippen LogP contribution in [0.5, 0.6) is 0 Å². The molecule has 0 saturated carbocycles. The molecule has 1 aliphatic heterocycles. The highest BCUT2D eigenvalue weighted by Gasteiger charge is 2.34. The Morgan fingerprint density at radius 3 is 2.62 bits per heavy atom. The highest BCUT2D eigenvalue weighted by molar-refractivity contribution is 4.82. The molecule has 1 heterocycles. The molecule has 16 heavy (non-hydrogen) atoms. The SMILES string of the molecule is CCCC1CN(CC(F)(F)F)C(C)CCN1. The Morgan fingerprint density at radius 2 is 2.06 bits per heavy atom. The van der Waals surface area contributed by atoms with Gasteiger partial charge in [0.05, 0.1) is 6.54 Å². The quantitative estimate of drug-likeness (QED) is 0.812. The first-order valence-electron chi connectivity index (χ1n) is 5.96. The minimum atomic E-state index is -4.09. The molecule has 0 amide bonds. The number of halogens is 3. The van der Waals surface area contributed by atoms with E-state index in [0.717, 1.165) is 25.8 Å². The van der Waals surface area contributed by atoms with Crippen molar-refractivity contribution >= 4 is 0 Å². The van der Waals surface area contributed by atoms with Crippen LogP contribution < -0.4 is 5.32 Å². The van der Waals surface area contributed by atoms with Crippen LogP contribution in [-0.4, -0.2) is 42.8 Å². The lowest BCUT2D eigenvalue weighted by Crippen LogP contribution is -2.44. The van der Waals surface area contributed by atoms with Gasteiger partial charge >= 0.3 is 6.18 Å². The molecule has 0 radical (unpaired) electrons. The van der Waals surface area contributed by atoms with Crippen molar-refractivity contribution in [1.29, 1.82) is 0 Å². The lowest BCUT2D eigenvalue weighted by molar-refractivity contribution is -0.150. The standard InChI is InChI=1S/C11H21F3N2/c1-3-4-10-7-16(8-11(12,13)14)9(2)5-6-15-10/h9-10,15H,3-8H2,1-2H3. The van der Waals surface area contributed by atoms with E-state index < -0.39 is 12.7 Å². The van der Waals surface area contributed by atoms with E-state index in [2.05, 4.69) is 12.2 Å². The molecule has 2 nitrogen and oxygen atoms in total. The third-order valence-corrected chi connectivity index (χ3v) is 3.09. The minimum Gasteiger partial charge on any atom is -0.313 e. The molecular formula is C11H21F3N2. The monoisotopic (exact) mass is 238 g/mol. The summed E-state index contributed by atoms with van der Waals surface area (Å²) in [6, 6.07) is 0.216. The summed E-state index contributed by atoms with van der Waals surface area (Å²) in [5.41, 5.74) is 0. The van der Waals surface area contributed by atoms with Gasteiger partial charge in [0.1, 0.15) is 0 Å². The Hall–Kier alpha value is -0.290. The largest absolute Gasteiger partial charge is 0.401 e. The van der Waals surface area contributed by atoms with Gasteiger partial charge in [-0.2, -0.15) is 13.2 Å². The predicted octanol–water partition coefficient (Wildman–Crippen LogP) is 2.40. The average Bonchev–Trinajstić information content (AvgIpc) is 2.28. The van der Waals surface area contributed by atoms with Crippen molar-refractivity contribution in [2.24, 2.45) is 0 Å². The third kappa shape index (κ3) is 4.70. The van der Waals surface area contributed by atoms with Crippen LogP contribution in [0, 0.1) is 0 Å². The first kappa shape index (κ1) is 13.8. The second-order valence-electron chi connectivity index (χ2n) is 4.62. The molecule has 0 spiro atoms. The van der Waals surface area contributed by atoms with E-state index in [0.29, 0.717) is 6.54 Å². The highest BCUT2D eigenvalue weighted by Crippen LogP contribution is 2.20. The van der Waals surface area contributed by atoms with Crippen molar-refractivity contribution in [3.05, 3.63) is 0 Å². The number of nitrogens with zero attached hydrogens (tertiary/aromatic N) is 1. The van der Waals surface area contributed by atoms with Crippen LogP contribution in [0.4, 0.5) is 13.2 Å². The number of hydrogen-bond acceptors (Lipinski definition) is 2. The Labute approximate surface area is 95.2 Å². The fourth-order valence-corrected chi connectivity index (χ4v) is 2.20. The van der Waals surface area contributed by atoms with Gasteiger partial charge < -0.3 is 5.32 Å². The topological polar surface area (TPSA) is 15.3 Å². The van der Waals surface area contributed by atoms with Gasteiger partial charge in [-0.15, -0.1) is 0 Å². The summed E-state index contributed by atoms with van der Waals surface area (Å²) >= 11 is 0. The molecule has 2 atom stereocenters. The molecular weight excluding hydrogens is 217 g/mol. The first-order chi connectivity index (χ1) is 7.42. The van der Waals surface area contributed by atoms with E-state index in [1.165, 1.54) is 0 Å². The van der Waals surface area contributed by atoms with E-state index in [4.69, 9.17) is 0 Å². The zero-order chi connectivity index (χ0) is 12.2. The summed E-state index contributed by atoms with van der Waals surface area (Å²) < 4.78 is 37.2. The molecule has 96 valence electrons. The Kier molecular flexibility index (Phi) is 5.05. The van der Waals surface area contributed by atoms with Crippen LogP contribution in [-0.2, 0) is 0 Å². The average molecular weight is 238 g/mol. The Balaban J connectivity index is 2.56. The lowest BCUT2D eigenvalue weighted by atomic mass is 10.1. The smallest absolute Gasteiger partial charge is 0.313 e. The molecule has 1 rings (SSSR count). The van der Waals surface area contributed by atoms with E-state index in [9.17, 15) is 13.2 Å². The second-order valence-corrected chi connectivity index (χ2v) is 4.62.